The van der Waals surface area contributed by atoms with Crippen LogP contribution in [0.3, 0.4) is 0 Å². The molecule has 28 heavy (non-hydrogen) atoms. The molecule has 0 radical (unpaired) electrons. The highest BCUT2D eigenvalue weighted by atomic mass is 19.1. The first kappa shape index (κ1) is 19.5. The minimum absolute atomic E-state index is 0.0854. The number of halogens is 2. The summed E-state index contributed by atoms with van der Waals surface area (Å²) in [7, 11) is 0. The van der Waals surface area contributed by atoms with Gasteiger partial charge in [0, 0.05) is 36.0 Å². The smallest absolute Gasteiger partial charge is 0.273 e. The number of ether oxygens (including phenoxy) is 1. The third kappa shape index (κ3) is 5.12. The van der Waals surface area contributed by atoms with Crippen molar-refractivity contribution in [2.75, 3.05) is 0 Å². The molecule has 2 aromatic heterocycles. The zero-order valence-electron chi connectivity index (χ0n) is 15.4. The van der Waals surface area contributed by atoms with E-state index < -0.39 is 17.5 Å². The maximum Gasteiger partial charge on any atom is 0.273 e. The van der Waals surface area contributed by atoms with Crippen LogP contribution in [0.5, 0.6) is 5.75 Å². The molecular formula is C20H19F2N3O3. The number of carbonyl (C=O) groups is 1. The van der Waals surface area contributed by atoms with Crippen LogP contribution in [0.2, 0.25) is 0 Å². The van der Waals surface area contributed by atoms with Gasteiger partial charge in [-0.2, -0.15) is 0 Å². The quantitative estimate of drug-likeness (QED) is 0.670. The predicted molar refractivity (Wildman–Crippen MR) is 96.8 cm³/mol. The van der Waals surface area contributed by atoms with Crippen molar-refractivity contribution in [1.82, 2.24) is 15.5 Å². The Morgan fingerprint density at radius 2 is 2.07 bits per heavy atom. The SMILES string of the molecule is Cc1cccc(C[C@H](C)NC(=O)c2cc(COc3ccc(F)cc3F)on2)n1. The van der Waals surface area contributed by atoms with Crippen molar-refractivity contribution in [3.8, 4) is 5.75 Å². The first-order chi connectivity index (χ1) is 13.4. The molecular weight excluding hydrogens is 368 g/mol. The lowest BCUT2D eigenvalue weighted by atomic mass is 10.1. The van der Waals surface area contributed by atoms with Crippen LogP contribution in [-0.4, -0.2) is 22.1 Å². The molecule has 0 saturated carbocycles. The van der Waals surface area contributed by atoms with E-state index in [1.807, 2.05) is 32.0 Å². The van der Waals surface area contributed by atoms with Crippen LogP contribution in [0, 0.1) is 18.6 Å². The summed E-state index contributed by atoms with van der Waals surface area (Å²) in [6, 6.07) is 9.96. The number of carbonyl (C=O) groups excluding carboxylic acids is 1. The Morgan fingerprint density at radius 3 is 2.82 bits per heavy atom. The normalized spacial score (nSPS) is 11.9. The molecule has 0 bridgehead atoms. The lowest BCUT2D eigenvalue weighted by Gasteiger charge is -2.12. The lowest BCUT2D eigenvalue weighted by molar-refractivity contribution is 0.0930. The molecule has 6 nitrogen and oxygen atoms in total. The summed E-state index contributed by atoms with van der Waals surface area (Å²) in [6.07, 6.45) is 0.574. The fraction of sp³-hybridized carbons (Fsp3) is 0.250. The molecule has 1 N–H and O–H groups in total. The second kappa shape index (κ2) is 8.60. The van der Waals surface area contributed by atoms with Crippen LogP contribution in [-0.2, 0) is 13.0 Å². The maximum absolute atomic E-state index is 13.6. The Hall–Kier alpha value is -3.29. The molecule has 0 saturated heterocycles. The van der Waals surface area contributed by atoms with Crippen molar-refractivity contribution in [2.45, 2.75) is 32.9 Å². The number of nitrogens with one attached hydrogen (secondary N) is 1. The molecule has 1 atom stereocenters. The molecule has 146 valence electrons. The number of amides is 1. The molecule has 0 unspecified atom stereocenters. The van der Waals surface area contributed by atoms with Crippen molar-refractivity contribution < 1.29 is 22.8 Å². The average molecular weight is 387 g/mol. The van der Waals surface area contributed by atoms with E-state index in [0.717, 1.165) is 23.5 Å². The fourth-order valence-electron chi connectivity index (χ4n) is 2.60. The molecule has 3 rings (SSSR count). The highest BCUT2D eigenvalue weighted by molar-refractivity contribution is 5.92. The standard InChI is InChI=1S/C20H19F2N3O3/c1-12-4-3-5-15(23-12)8-13(2)24-20(26)18-10-16(28-25-18)11-27-19-7-6-14(21)9-17(19)22/h3-7,9-10,13H,8,11H2,1-2H3,(H,24,26)/t13-/m0/s1. The molecule has 0 spiro atoms. The molecule has 0 fully saturated rings. The molecule has 1 aromatic carbocycles. The Morgan fingerprint density at radius 1 is 1.25 bits per heavy atom. The summed E-state index contributed by atoms with van der Waals surface area (Å²) in [5, 5.41) is 6.53. The Kier molecular flexibility index (Phi) is 5.98. The summed E-state index contributed by atoms with van der Waals surface area (Å²) < 4.78 is 36.7. The molecule has 0 aliphatic rings. The first-order valence-corrected chi connectivity index (χ1v) is 8.67. The van der Waals surface area contributed by atoms with Gasteiger partial charge in [0.25, 0.3) is 5.91 Å². The van der Waals surface area contributed by atoms with Crippen LogP contribution in [0.4, 0.5) is 8.78 Å². The fourth-order valence-corrected chi connectivity index (χ4v) is 2.60. The Bertz CT molecular complexity index is 975. The second-order valence-electron chi connectivity index (χ2n) is 6.39. The zero-order chi connectivity index (χ0) is 20.1. The molecule has 3 aromatic rings. The van der Waals surface area contributed by atoms with Crippen molar-refractivity contribution in [3.63, 3.8) is 0 Å². The van der Waals surface area contributed by atoms with E-state index in [1.54, 1.807) is 0 Å². The Balaban J connectivity index is 1.54. The van der Waals surface area contributed by atoms with Gasteiger partial charge in [0.15, 0.2) is 23.0 Å². The predicted octanol–water partition coefficient (Wildman–Crippen LogP) is 3.60. The van der Waals surface area contributed by atoms with E-state index in [4.69, 9.17) is 9.26 Å². The number of benzene rings is 1. The summed E-state index contributed by atoms with van der Waals surface area (Å²) in [5.74, 6) is -1.80. The third-order valence-electron chi connectivity index (χ3n) is 3.89. The number of aromatic nitrogens is 2. The van der Waals surface area contributed by atoms with Crippen molar-refractivity contribution in [3.05, 3.63) is 76.9 Å². The second-order valence-corrected chi connectivity index (χ2v) is 6.39. The van der Waals surface area contributed by atoms with Crippen LogP contribution in [0.25, 0.3) is 0 Å². The number of aryl methyl sites for hydroxylation is 1. The highest BCUT2D eigenvalue weighted by Gasteiger charge is 2.16. The van der Waals surface area contributed by atoms with E-state index in [9.17, 15) is 13.6 Å². The summed E-state index contributed by atoms with van der Waals surface area (Å²) in [5.41, 5.74) is 1.88. The van der Waals surface area contributed by atoms with Crippen molar-refractivity contribution in [1.29, 1.82) is 0 Å². The molecule has 2 heterocycles. The van der Waals surface area contributed by atoms with Gasteiger partial charge in [-0.15, -0.1) is 0 Å². The zero-order valence-corrected chi connectivity index (χ0v) is 15.4. The molecule has 1 amide bonds. The van der Waals surface area contributed by atoms with Gasteiger partial charge in [-0.25, -0.2) is 8.78 Å². The van der Waals surface area contributed by atoms with Gasteiger partial charge in [-0.05, 0) is 38.1 Å². The maximum atomic E-state index is 13.6. The molecule has 0 aliphatic carbocycles. The Labute approximate surface area is 160 Å². The summed E-state index contributed by atoms with van der Waals surface area (Å²) >= 11 is 0. The monoisotopic (exact) mass is 387 g/mol. The third-order valence-corrected chi connectivity index (χ3v) is 3.89. The van der Waals surface area contributed by atoms with Crippen molar-refractivity contribution >= 4 is 5.91 Å². The largest absolute Gasteiger partial charge is 0.482 e. The number of pyridine rings is 1. The first-order valence-electron chi connectivity index (χ1n) is 8.67. The van der Waals surface area contributed by atoms with Gasteiger partial charge in [-0.3, -0.25) is 9.78 Å². The van der Waals surface area contributed by atoms with Gasteiger partial charge in [-0.1, -0.05) is 11.2 Å². The van der Waals surface area contributed by atoms with Crippen LogP contribution in [0.15, 0.2) is 47.0 Å². The van der Waals surface area contributed by atoms with Crippen LogP contribution in [0.1, 0.15) is 34.6 Å². The molecule has 0 aliphatic heterocycles. The minimum atomic E-state index is -0.823. The topological polar surface area (TPSA) is 77.2 Å². The summed E-state index contributed by atoms with van der Waals surface area (Å²) in [6.45, 7) is 3.62. The van der Waals surface area contributed by atoms with Gasteiger partial charge in [0.05, 0.1) is 0 Å². The number of rotatable bonds is 7. The average Bonchev–Trinajstić information content (AvgIpc) is 3.10. The number of hydrogen-bond acceptors (Lipinski definition) is 5. The molecule has 8 heteroatoms. The van der Waals surface area contributed by atoms with Gasteiger partial charge >= 0.3 is 0 Å². The van der Waals surface area contributed by atoms with Crippen LogP contribution < -0.4 is 10.1 Å². The van der Waals surface area contributed by atoms with Crippen molar-refractivity contribution in [2.24, 2.45) is 0 Å². The number of hydrogen-bond donors (Lipinski definition) is 1. The van der Waals surface area contributed by atoms with Gasteiger partial charge in [0.1, 0.15) is 12.4 Å². The van der Waals surface area contributed by atoms with E-state index in [-0.39, 0.29) is 29.9 Å². The minimum Gasteiger partial charge on any atom is -0.482 e. The summed E-state index contributed by atoms with van der Waals surface area (Å²) in [4.78, 5) is 16.7. The lowest BCUT2D eigenvalue weighted by Crippen LogP contribution is -2.34. The van der Waals surface area contributed by atoms with E-state index in [1.165, 1.54) is 12.1 Å². The van der Waals surface area contributed by atoms with Crippen LogP contribution >= 0.6 is 0 Å². The van der Waals surface area contributed by atoms with E-state index in [2.05, 4.69) is 15.5 Å². The van der Waals surface area contributed by atoms with E-state index in [0.29, 0.717) is 6.42 Å². The van der Waals surface area contributed by atoms with Gasteiger partial charge < -0.3 is 14.6 Å². The van der Waals surface area contributed by atoms with Gasteiger partial charge in [0.2, 0.25) is 0 Å². The van der Waals surface area contributed by atoms with E-state index >= 15 is 0 Å². The number of nitrogens with zero attached hydrogens (tertiary/aromatic N) is 2. The highest BCUT2D eigenvalue weighted by Crippen LogP contribution is 2.19.